The van der Waals surface area contributed by atoms with Crippen LogP contribution in [0.4, 0.5) is 5.69 Å². The first-order valence-corrected chi connectivity index (χ1v) is 10.3. The normalized spacial score (nSPS) is 17.0. The Morgan fingerprint density at radius 3 is 2.56 bits per heavy atom. The van der Waals surface area contributed by atoms with Crippen LogP contribution in [0.15, 0.2) is 23.1 Å². The third-order valence-electron chi connectivity index (χ3n) is 4.52. The van der Waals surface area contributed by atoms with Crippen molar-refractivity contribution in [3.8, 4) is 0 Å². The van der Waals surface area contributed by atoms with Gasteiger partial charge in [-0.05, 0) is 50.0 Å². The molecule has 0 saturated carbocycles. The molecule has 0 spiro atoms. The van der Waals surface area contributed by atoms with Gasteiger partial charge in [-0.3, -0.25) is 4.79 Å². The summed E-state index contributed by atoms with van der Waals surface area (Å²) in [6, 6.07) is 4.32. The van der Waals surface area contributed by atoms with Gasteiger partial charge in [0.1, 0.15) is 0 Å². The van der Waals surface area contributed by atoms with Crippen LogP contribution in [0.25, 0.3) is 0 Å². The summed E-state index contributed by atoms with van der Waals surface area (Å²) in [5.74, 6) is 0.588. The van der Waals surface area contributed by atoms with Crippen LogP contribution in [0.3, 0.4) is 0 Å². The molecule has 0 atom stereocenters. The van der Waals surface area contributed by atoms with Crippen molar-refractivity contribution in [2.45, 2.75) is 31.1 Å². The summed E-state index contributed by atoms with van der Waals surface area (Å²) in [5, 5.41) is 3.05. The first-order valence-electron chi connectivity index (χ1n) is 8.44. The molecule has 0 unspecified atom stereocenters. The van der Waals surface area contributed by atoms with Crippen molar-refractivity contribution >= 4 is 33.2 Å². The van der Waals surface area contributed by atoms with E-state index in [4.69, 9.17) is 11.6 Å². The molecule has 1 aliphatic rings. The summed E-state index contributed by atoms with van der Waals surface area (Å²) in [5.41, 5.74) is 0.321. The van der Waals surface area contributed by atoms with E-state index < -0.39 is 10.0 Å². The molecule has 1 N–H and O–H groups in total. The number of carbonyl (C=O) groups excluding carboxylic acids is 1. The Bertz CT molecular complexity index is 714. The van der Waals surface area contributed by atoms with E-state index in [1.807, 2.05) is 0 Å². The van der Waals surface area contributed by atoms with Gasteiger partial charge >= 0.3 is 0 Å². The molecule has 140 valence electrons. The topological polar surface area (TPSA) is 69.7 Å². The Kier molecular flexibility index (Phi) is 6.85. The number of hydrogen-bond acceptors (Lipinski definition) is 4. The second-order valence-electron chi connectivity index (χ2n) is 6.75. The zero-order chi connectivity index (χ0) is 18.6. The summed E-state index contributed by atoms with van der Waals surface area (Å²) < 4.78 is 25.5. The number of rotatable bonds is 6. The van der Waals surface area contributed by atoms with E-state index in [0.717, 1.165) is 36.2 Å². The van der Waals surface area contributed by atoms with Crippen molar-refractivity contribution < 1.29 is 13.2 Å². The number of nitrogens with zero attached hydrogens (tertiary/aromatic N) is 2. The van der Waals surface area contributed by atoms with Gasteiger partial charge in [-0.2, -0.15) is 0 Å². The molecule has 1 aromatic rings. The highest BCUT2D eigenvalue weighted by molar-refractivity contribution is 7.89. The average molecular weight is 388 g/mol. The number of likely N-dealkylation sites (tertiary alicyclic amines) is 1. The lowest BCUT2D eigenvalue weighted by Crippen LogP contribution is -2.35. The van der Waals surface area contributed by atoms with Crippen LogP contribution in [0.2, 0.25) is 5.02 Å². The number of carbonyl (C=O) groups is 1. The number of benzene rings is 1. The van der Waals surface area contributed by atoms with E-state index in [1.165, 1.54) is 32.3 Å². The predicted octanol–water partition coefficient (Wildman–Crippen LogP) is 2.65. The van der Waals surface area contributed by atoms with E-state index in [0.29, 0.717) is 23.7 Å². The lowest BCUT2D eigenvalue weighted by atomic mass is 9.99. The van der Waals surface area contributed by atoms with Gasteiger partial charge in [0, 0.05) is 27.1 Å². The van der Waals surface area contributed by atoms with Gasteiger partial charge in [0.2, 0.25) is 15.9 Å². The minimum atomic E-state index is -3.57. The van der Waals surface area contributed by atoms with Gasteiger partial charge in [-0.25, -0.2) is 12.7 Å². The van der Waals surface area contributed by atoms with Crippen LogP contribution in [0.5, 0.6) is 0 Å². The molecule has 8 heteroatoms. The predicted molar refractivity (Wildman–Crippen MR) is 100 cm³/mol. The molecule has 1 amide bonds. The first-order chi connectivity index (χ1) is 11.7. The molecule has 1 aliphatic heterocycles. The zero-order valence-corrected chi connectivity index (χ0v) is 16.5. The maximum atomic E-state index is 12.2. The van der Waals surface area contributed by atoms with Crippen molar-refractivity contribution in [2.75, 3.05) is 39.0 Å². The summed E-state index contributed by atoms with van der Waals surface area (Å²) in [6.45, 7) is 4.99. The maximum absolute atomic E-state index is 12.2. The molecule has 0 bridgehead atoms. The van der Waals surface area contributed by atoms with Gasteiger partial charge < -0.3 is 10.2 Å². The summed E-state index contributed by atoms with van der Waals surface area (Å²) >= 11 is 6.10. The number of amides is 1. The van der Waals surface area contributed by atoms with Gasteiger partial charge in [0.25, 0.3) is 0 Å². The minimum Gasteiger partial charge on any atom is -0.325 e. The fourth-order valence-corrected chi connectivity index (χ4v) is 3.82. The van der Waals surface area contributed by atoms with Gasteiger partial charge in [0.05, 0.1) is 15.6 Å². The Morgan fingerprint density at radius 1 is 1.32 bits per heavy atom. The number of hydrogen-bond donors (Lipinski definition) is 1. The molecule has 1 aromatic carbocycles. The second-order valence-corrected chi connectivity index (χ2v) is 9.31. The Labute approximate surface area is 155 Å². The smallest absolute Gasteiger partial charge is 0.242 e. The molecule has 25 heavy (non-hydrogen) atoms. The van der Waals surface area contributed by atoms with Crippen LogP contribution >= 0.6 is 11.6 Å². The SMILES string of the molecule is CC1CCN(CCC(=O)Nc2cc(S(=O)(=O)N(C)C)ccc2Cl)CC1. The summed E-state index contributed by atoms with van der Waals surface area (Å²) in [6.07, 6.45) is 2.69. The lowest BCUT2D eigenvalue weighted by molar-refractivity contribution is -0.116. The molecular formula is C17H26ClN3O3S. The maximum Gasteiger partial charge on any atom is 0.242 e. The standard InChI is InChI=1S/C17H26ClN3O3S/c1-13-6-9-21(10-7-13)11-8-17(22)19-16-12-14(4-5-15(16)18)25(23,24)20(2)3/h4-5,12-13H,6-11H2,1-3H3,(H,19,22). The van der Waals surface area contributed by atoms with Crippen molar-refractivity contribution in [1.29, 1.82) is 0 Å². The Balaban J connectivity index is 1.98. The van der Waals surface area contributed by atoms with Crippen LogP contribution in [-0.2, 0) is 14.8 Å². The second kappa shape index (κ2) is 8.49. The molecule has 0 radical (unpaired) electrons. The number of anilines is 1. The van der Waals surface area contributed by atoms with Crippen molar-refractivity contribution in [3.05, 3.63) is 23.2 Å². The molecular weight excluding hydrogens is 362 g/mol. The van der Waals surface area contributed by atoms with Gasteiger partial charge in [0.15, 0.2) is 0 Å². The molecule has 6 nitrogen and oxygen atoms in total. The highest BCUT2D eigenvalue weighted by Crippen LogP contribution is 2.26. The largest absolute Gasteiger partial charge is 0.325 e. The number of piperidine rings is 1. The van der Waals surface area contributed by atoms with Crippen LogP contribution in [-0.4, -0.2) is 57.3 Å². The zero-order valence-electron chi connectivity index (χ0n) is 15.0. The molecule has 0 aromatic heterocycles. The number of nitrogens with one attached hydrogen (secondary N) is 1. The molecule has 1 saturated heterocycles. The number of halogens is 1. The third kappa shape index (κ3) is 5.41. The molecule has 2 rings (SSSR count). The summed E-state index contributed by atoms with van der Waals surface area (Å²) in [4.78, 5) is 14.6. The fraction of sp³-hybridized carbons (Fsp3) is 0.588. The van der Waals surface area contributed by atoms with Gasteiger partial charge in [-0.1, -0.05) is 18.5 Å². The first kappa shape index (κ1) is 20.2. The Hall–Kier alpha value is -1.15. The van der Waals surface area contributed by atoms with Crippen molar-refractivity contribution in [1.82, 2.24) is 9.21 Å². The number of sulfonamides is 1. The minimum absolute atomic E-state index is 0.0993. The van der Waals surface area contributed by atoms with Crippen molar-refractivity contribution in [3.63, 3.8) is 0 Å². The highest BCUT2D eigenvalue weighted by atomic mass is 35.5. The quantitative estimate of drug-likeness (QED) is 0.814. The van der Waals surface area contributed by atoms with Crippen molar-refractivity contribution in [2.24, 2.45) is 5.92 Å². The monoisotopic (exact) mass is 387 g/mol. The van der Waals surface area contributed by atoms with Crippen LogP contribution < -0.4 is 5.32 Å². The molecule has 1 fully saturated rings. The lowest BCUT2D eigenvalue weighted by Gasteiger charge is -2.29. The fourth-order valence-electron chi connectivity index (χ4n) is 2.73. The molecule has 0 aliphatic carbocycles. The highest BCUT2D eigenvalue weighted by Gasteiger charge is 2.20. The van der Waals surface area contributed by atoms with E-state index in [9.17, 15) is 13.2 Å². The Morgan fingerprint density at radius 2 is 1.96 bits per heavy atom. The average Bonchev–Trinajstić information content (AvgIpc) is 2.56. The van der Waals surface area contributed by atoms with Gasteiger partial charge in [-0.15, -0.1) is 0 Å². The van der Waals surface area contributed by atoms with E-state index in [1.54, 1.807) is 0 Å². The van der Waals surface area contributed by atoms with E-state index in [-0.39, 0.29) is 10.8 Å². The van der Waals surface area contributed by atoms with Crippen LogP contribution in [0, 0.1) is 5.92 Å². The molecule has 1 heterocycles. The van der Waals surface area contributed by atoms with Crippen LogP contribution in [0.1, 0.15) is 26.2 Å². The van der Waals surface area contributed by atoms with E-state index in [2.05, 4.69) is 17.1 Å². The van der Waals surface area contributed by atoms with E-state index >= 15 is 0 Å². The third-order valence-corrected chi connectivity index (χ3v) is 6.66. The summed E-state index contributed by atoms with van der Waals surface area (Å²) in [7, 11) is -0.651.